The molecule has 2 heterocycles. The Labute approximate surface area is 162 Å². The topological polar surface area (TPSA) is 143 Å². The maximum atomic E-state index is 12.6. The molecule has 1 fully saturated rings. The number of carbonyl (C=O) groups excluding carboxylic acids is 2. The second-order valence-electron chi connectivity index (χ2n) is 6.84. The molecular formula is C19H23N7O2. The van der Waals surface area contributed by atoms with E-state index in [0.29, 0.717) is 24.3 Å². The van der Waals surface area contributed by atoms with Gasteiger partial charge >= 0.3 is 0 Å². The molecule has 28 heavy (non-hydrogen) atoms. The van der Waals surface area contributed by atoms with Crippen molar-refractivity contribution in [2.75, 3.05) is 24.1 Å². The van der Waals surface area contributed by atoms with E-state index < -0.39 is 5.91 Å². The Balaban J connectivity index is 1.60. The number of rotatable bonds is 5. The van der Waals surface area contributed by atoms with E-state index in [-0.39, 0.29) is 29.5 Å². The van der Waals surface area contributed by atoms with Crippen molar-refractivity contribution in [3.8, 4) is 6.07 Å². The Kier molecular flexibility index (Phi) is 5.61. The number of nitrogens with one attached hydrogen (secondary N) is 1. The van der Waals surface area contributed by atoms with Crippen LogP contribution in [-0.2, 0) is 4.79 Å². The lowest BCUT2D eigenvalue weighted by molar-refractivity contribution is -0.121. The number of hydrogen-bond donors (Lipinski definition) is 3. The number of hydrogen-bond acceptors (Lipinski definition) is 6. The van der Waals surface area contributed by atoms with Crippen molar-refractivity contribution in [1.82, 2.24) is 14.5 Å². The summed E-state index contributed by atoms with van der Waals surface area (Å²) in [5.41, 5.74) is 12.3. The van der Waals surface area contributed by atoms with Crippen molar-refractivity contribution in [3.05, 3.63) is 41.9 Å². The first-order chi connectivity index (χ1) is 13.4. The fourth-order valence-corrected chi connectivity index (χ4v) is 3.50. The molecule has 0 radical (unpaired) electrons. The lowest BCUT2D eigenvalue weighted by Crippen LogP contribution is -2.46. The van der Waals surface area contributed by atoms with Crippen molar-refractivity contribution in [3.63, 3.8) is 0 Å². The molecule has 2 aromatic rings. The second kappa shape index (κ2) is 8.10. The van der Waals surface area contributed by atoms with Gasteiger partial charge in [0.2, 0.25) is 5.91 Å². The van der Waals surface area contributed by atoms with E-state index in [2.05, 4.69) is 21.3 Å². The Morgan fingerprint density at radius 3 is 2.61 bits per heavy atom. The third kappa shape index (κ3) is 3.82. The summed E-state index contributed by atoms with van der Waals surface area (Å²) < 4.78 is 1.78. The molecule has 0 saturated carbocycles. The molecule has 0 unspecified atom stereocenters. The SMILES string of the molecule is C[C@H](C(=O)Nc1ccccc1C#N)N1CCC(n2cnc(C(N)=O)c2N)CC1. The number of para-hydroxylation sites is 1. The molecule has 2 amide bonds. The first kappa shape index (κ1) is 19.4. The van der Waals surface area contributed by atoms with Crippen LogP contribution in [0.5, 0.6) is 0 Å². The Bertz CT molecular complexity index is 923. The Morgan fingerprint density at radius 2 is 2.00 bits per heavy atom. The molecule has 1 aliphatic rings. The molecule has 3 rings (SSSR count). The summed E-state index contributed by atoms with van der Waals surface area (Å²) in [7, 11) is 0. The third-order valence-corrected chi connectivity index (χ3v) is 5.19. The number of imidazole rings is 1. The van der Waals surface area contributed by atoms with Gasteiger partial charge in [-0.3, -0.25) is 14.5 Å². The van der Waals surface area contributed by atoms with Crippen molar-refractivity contribution < 1.29 is 9.59 Å². The van der Waals surface area contributed by atoms with Crippen molar-refractivity contribution >= 4 is 23.3 Å². The summed E-state index contributed by atoms with van der Waals surface area (Å²) in [4.78, 5) is 30.0. The molecule has 1 aliphatic heterocycles. The molecule has 1 saturated heterocycles. The van der Waals surface area contributed by atoms with E-state index in [0.717, 1.165) is 12.8 Å². The van der Waals surface area contributed by atoms with E-state index in [4.69, 9.17) is 16.7 Å². The van der Waals surface area contributed by atoms with Gasteiger partial charge in [0.15, 0.2) is 5.69 Å². The predicted molar refractivity (Wildman–Crippen MR) is 104 cm³/mol. The molecule has 1 aromatic heterocycles. The van der Waals surface area contributed by atoms with Crippen LogP contribution in [0, 0.1) is 11.3 Å². The van der Waals surface area contributed by atoms with E-state index in [1.165, 1.54) is 0 Å². The zero-order chi connectivity index (χ0) is 20.3. The van der Waals surface area contributed by atoms with E-state index in [9.17, 15) is 9.59 Å². The number of anilines is 2. The summed E-state index contributed by atoms with van der Waals surface area (Å²) >= 11 is 0. The monoisotopic (exact) mass is 381 g/mol. The summed E-state index contributed by atoms with van der Waals surface area (Å²) in [6, 6.07) is 8.76. The minimum Gasteiger partial charge on any atom is -0.383 e. The van der Waals surface area contributed by atoms with Crippen LogP contribution < -0.4 is 16.8 Å². The Hall–Kier alpha value is -3.38. The number of nitrogens with zero attached hydrogens (tertiary/aromatic N) is 4. The zero-order valence-corrected chi connectivity index (χ0v) is 15.6. The van der Waals surface area contributed by atoms with Gasteiger partial charge in [-0.2, -0.15) is 5.26 Å². The first-order valence-electron chi connectivity index (χ1n) is 9.08. The molecule has 0 spiro atoms. The van der Waals surface area contributed by atoms with Gasteiger partial charge in [0.25, 0.3) is 5.91 Å². The lowest BCUT2D eigenvalue weighted by Gasteiger charge is -2.36. The standard InChI is InChI=1S/C19H23N7O2/c1-12(19(28)24-15-5-3-2-4-13(15)10-20)25-8-6-14(7-9-25)26-11-23-16(17(26)21)18(22)27/h2-5,11-12,14H,6-9,21H2,1H3,(H2,22,27)(H,24,28)/t12-/m1/s1. The van der Waals surface area contributed by atoms with Gasteiger partial charge in [-0.15, -0.1) is 0 Å². The van der Waals surface area contributed by atoms with Crippen LogP contribution >= 0.6 is 0 Å². The normalized spacial score (nSPS) is 16.3. The Morgan fingerprint density at radius 1 is 1.32 bits per heavy atom. The molecule has 0 aliphatic carbocycles. The maximum absolute atomic E-state index is 12.6. The largest absolute Gasteiger partial charge is 0.383 e. The smallest absolute Gasteiger partial charge is 0.271 e. The molecule has 1 aromatic carbocycles. The van der Waals surface area contributed by atoms with Gasteiger partial charge in [0, 0.05) is 19.1 Å². The van der Waals surface area contributed by atoms with Crippen LogP contribution in [-0.4, -0.2) is 45.4 Å². The summed E-state index contributed by atoms with van der Waals surface area (Å²) in [5, 5.41) is 12.0. The van der Waals surface area contributed by atoms with Crippen molar-refractivity contribution in [1.29, 1.82) is 5.26 Å². The zero-order valence-electron chi connectivity index (χ0n) is 15.6. The number of likely N-dealkylation sites (tertiary alicyclic amines) is 1. The average Bonchev–Trinajstić information content (AvgIpc) is 3.09. The third-order valence-electron chi connectivity index (χ3n) is 5.19. The highest BCUT2D eigenvalue weighted by Crippen LogP contribution is 2.27. The molecule has 146 valence electrons. The highest BCUT2D eigenvalue weighted by atomic mass is 16.2. The fourth-order valence-electron chi connectivity index (χ4n) is 3.50. The minimum atomic E-state index is -0.642. The number of nitrogens with two attached hydrogens (primary N) is 2. The molecule has 0 bridgehead atoms. The number of nitriles is 1. The number of nitrogen functional groups attached to an aromatic ring is 1. The van der Waals surface area contributed by atoms with Crippen LogP contribution in [0.4, 0.5) is 11.5 Å². The van der Waals surface area contributed by atoms with E-state index in [1.807, 2.05) is 6.92 Å². The number of benzene rings is 1. The van der Waals surface area contributed by atoms with Crippen molar-refractivity contribution in [2.24, 2.45) is 5.73 Å². The van der Waals surface area contributed by atoms with E-state index in [1.54, 1.807) is 35.2 Å². The summed E-state index contributed by atoms with van der Waals surface area (Å²) in [6.07, 6.45) is 3.08. The molecule has 9 heteroatoms. The number of carbonyl (C=O) groups is 2. The highest BCUT2D eigenvalue weighted by molar-refractivity contribution is 5.96. The predicted octanol–water partition coefficient (Wildman–Crippen LogP) is 1.10. The van der Waals surface area contributed by atoms with Crippen LogP contribution in [0.15, 0.2) is 30.6 Å². The molecular weight excluding hydrogens is 358 g/mol. The average molecular weight is 381 g/mol. The maximum Gasteiger partial charge on any atom is 0.271 e. The number of piperidine rings is 1. The lowest BCUT2D eigenvalue weighted by atomic mass is 10.0. The van der Waals surface area contributed by atoms with E-state index >= 15 is 0 Å². The summed E-state index contributed by atoms with van der Waals surface area (Å²) in [6.45, 7) is 3.24. The van der Waals surface area contributed by atoms with Gasteiger partial charge < -0.3 is 21.4 Å². The van der Waals surface area contributed by atoms with Gasteiger partial charge in [-0.1, -0.05) is 12.1 Å². The van der Waals surface area contributed by atoms with Crippen LogP contribution in [0.25, 0.3) is 0 Å². The van der Waals surface area contributed by atoms with Gasteiger partial charge in [0.05, 0.1) is 23.6 Å². The summed E-state index contributed by atoms with van der Waals surface area (Å²) in [5.74, 6) is -0.513. The van der Waals surface area contributed by atoms with Gasteiger partial charge in [0.1, 0.15) is 11.9 Å². The van der Waals surface area contributed by atoms with Crippen molar-refractivity contribution in [2.45, 2.75) is 31.8 Å². The molecule has 1 atom stereocenters. The van der Waals surface area contributed by atoms with Gasteiger partial charge in [-0.25, -0.2) is 4.98 Å². The first-order valence-corrected chi connectivity index (χ1v) is 9.08. The van der Waals surface area contributed by atoms with Crippen LogP contribution in [0.2, 0.25) is 0 Å². The second-order valence-corrected chi connectivity index (χ2v) is 6.84. The molecule has 5 N–H and O–H groups in total. The molecule has 9 nitrogen and oxygen atoms in total. The number of primary amides is 1. The van der Waals surface area contributed by atoms with Gasteiger partial charge in [-0.05, 0) is 31.9 Å². The quantitative estimate of drug-likeness (QED) is 0.707. The number of amides is 2. The van der Waals surface area contributed by atoms with Crippen LogP contribution in [0.3, 0.4) is 0 Å². The fraction of sp³-hybridized carbons (Fsp3) is 0.368. The number of aromatic nitrogens is 2. The van der Waals surface area contributed by atoms with Crippen LogP contribution in [0.1, 0.15) is 41.9 Å². The minimum absolute atomic E-state index is 0.0892. The highest BCUT2D eigenvalue weighted by Gasteiger charge is 2.29.